The van der Waals surface area contributed by atoms with Crippen molar-refractivity contribution < 1.29 is 14.0 Å². The van der Waals surface area contributed by atoms with E-state index in [4.69, 9.17) is 0 Å². The van der Waals surface area contributed by atoms with Crippen LogP contribution in [0, 0.1) is 5.82 Å². The average Bonchev–Trinajstić information content (AvgIpc) is 2.37. The maximum atomic E-state index is 13.1. The molecule has 0 aliphatic heterocycles. The molecule has 1 aromatic rings. The lowest BCUT2D eigenvalue weighted by Crippen LogP contribution is -2.40. The number of hydrogen-bond acceptors (Lipinski definition) is 3. The molecule has 0 aromatic heterocycles. The first-order valence-corrected chi connectivity index (χ1v) is 6.29. The topological polar surface area (TPSA) is 40.6 Å². The number of carbonyl (C=O) groups excluding carboxylic acids is 2. The van der Waals surface area contributed by atoms with Gasteiger partial charge in [0, 0.05) is 31.1 Å². The maximum absolute atomic E-state index is 13.1. The Hall–Kier alpha value is -1.56. The average molecular weight is 284 g/mol. The van der Waals surface area contributed by atoms with Crippen LogP contribution in [0.5, 0.6) is 0 Å². The zero-order chi connectivity index (χ0) is 14.6. The molecule has 0 fully saturated rings. The van der Waals surface area contributed by atoms with Crippen molar-refractivity contribution in [2.24, 2.45) is 0 Å². The molecule has 0 aliphatic carbocycles. The number of amides is 2. The van der Waals surface area contributed by atoms with E-state index < -0.39 is 5.82 Å². The van der Waals surface area contributed by atoms with E-state index >= 15 is 0 Å². The molecular formula is C13H17FN2O2S. The van der Waals surface area contributed by atoms with Crippen molar-refractivity contribution in [1.82, 2.24) is 9.80 Å². The number of hydrogen-bond donors (Lipinski definition) is 1. The van der Waals surface area contributed by atoms with E-state index in [-0.39, 0.29) is 23.3 Å². The minimum atomic E-state index is -0.479. The first kappa shape index (κ1) is 15.5. The standard InChI is InChI=1S/C13H17FN2O2S/c1-4-16(8-12(17)15(2)3)13(18)9-5-6-10(14)11(19)7-9/h5-7,19H,4,8H2,1-3H3. The van der Waals surface area contributed by atoms with E-state index in [1.807, 2.05) is 0 Å². The van der Waals surface area contributed by atoms with Crippen molar-refractivity contribution in [3.8, 4) is 0 Å². The quantitative estimate of drug-likeness (QED) is 0.854. The minimum absolute atomic E-state index is 0.00160. The monoisotopic (exact) mass is 284 g/mol. The van der Waals surface area contributed by atoms with Gasteiger partial charge >= 0.3 is 0 Å². The second-order valence-corrected chi connectivity index (χ2v) is 4.76. The van der Waals surface area contributed by atoms with Crippen molar-refractivity contribution in [1.29, 1.82) is 0 Å². The summed E-state index contributed by atoms with van der Waals surface area (Å²) in [6.07, 6.45) is 0. The van der Waals surface area contributed by atoms with Gasteiger partial charge in [-0.3, -0.25) is 9.59 Å². The van der Waals surface area contributed by atoms with Crippen LogP contribution < -0.4 is 0 Å². The van der Waals surface area contributed by atoms with Gasteiger partial charge in [-0.2, -0.15) is 0 Å². The van der Waals surface area contributed by atoms with Crippen LogP contribution in [-0.2, 0) is 4.79 Å². The van der Waals surface area contributed by atoms with Gasteiger partial charge in [0.25, 0.3) is 5.91 Å². The molecule has 0 bridgehead atoms. The molecule has 0 atom stereocenters. The van der Waals surface area contributed by atoms with Gasteiger partial charge in [-0.1, -0.05) is 0 Å². The van der Waals surface area contributed by atoms with Gasteiger partial charge in [-0.15, -0.1) is 12.6 Å². The smallest absolute Gasteiger partial charge is 0.254 e. The largest absolute Gasteiger partial charge is 0.347 e. The SMILES string of the molecule is CCN(CC(=O)N(C)C)C(=O)c1ccc(F)c(S)c1. The summed E-state index contributed by atoms with van der Waals surface area (Å²) < 4.78 is 13.1. The van der Waals surface area contributed by atoms with Gasteiger partial charge in [0.2, 0.25) is 5.91 Å². The number of carbonyl (C=O) groups is 2. The third-order valence-electron chi connectivity index (χ3n) is 2.69. The molecule has 4 nitrogen and oxygen atoms in total. The molecule has 19 heavy (non-hydrogen) atoms. The first-order valence-electron chi connectivity index (χ1n) is 5.84. The van der Waals surface area contributed by atoms with E-state index in [9.17, 15) is 14.0 Å². The first-order chi connectivity index (χ1) is 8.86. The summed E-state index contributed by atoms with van der Waals surface area (Å²) in [7, 11) is 3.26. The second-order valence-electron chi connectivity index (χ2n) is 4.27. The highest BCUT2D eigenvalue weighted by Crippen LogP contribution is 2.15. The molecule has 0 aliphatic rings. The van der Waals surface area contributed by atoms with Gasteiger partial charge < -0.3 is 9.80 Å². The lowest BCUT2D eigenvalue weighted by Gasteiger charge is -2.22. The fourth-order valence-corrected chi connectivity index (χ4v) is 1.67. The van der Waals surface area contributed by atoms with Crippen LogP contribution in [0.15, 0.2) is 23.1 Å². The zero-order valence-electron chi connectivity index (χ0n) is 11.2. The van der Waals surface area contributed by atoms with Crippen molar-refractivity contribution in [3.05, 3.63) is 29.6 Å². The van der Waals surface area contributed by atoms with Gasteiger partial charge in [0.1, 0.15) is 5.82 Å². The summed E-state index contributed by atoms with van der Waals surface area (Å²) in [6.45, 7) is 2.19. The summed E-state index contributed by atoms with van der Waals surface area (Å²) in [5.74, 6) is -0.955. The molecular weight excluding hydrogens is 267 g/mol. The molecule has 0 saturated carbocycles. The molecule has 6 heteroatoms. The summed E-state index contributed by atoms with van der Waals surface area (Å²) in [5, 5.41) is 0. The van der Waals surface area contributed by atoms with Gasteiger partial charge in [0.15, 0.2) is 0 Å². The Balaban J connectivity index is 2.89. The van der Waals surface area contributed by atoms with Crippen molar-refractivity contribution >= 4 is 24.4 Å². The van der Waals surface area contributed by atoms with Crippen LogP contribution in [0.2, 0.25) is 0 Å². The van der Waals surface area contributed by atoms with Crippen molar-refractivity contribution in [2.75, 3.05) is 27.2 Å². The van der Waals surface area contributed by atoms with E-state index in [1.165, 1.54) is 28.0 Å². The Labute approximate surface area is 117 Å². The third-order valence-corrected chi connectivity index (χ3v) is 3.03. The van der Waals surface area contributed by atoms with E-state index in [1.54, 1.807) is 21.0 Å². The Bertz CT molecular complexity index is 492. The zero-order valence-corrected chi connectivity index (χ0v) is 12.1. The lowest BCUT2D eigenvalue weighted by atomic mass is 10.2. The summed E-state index contributed by atoms with van der Waals surface area (Å²) >= 11 is 3.94. The normalized spacial score (nSPS) is 10.2. The Morgan fingerprint density at radius 1 is 1.32 bits per heavy atom. The predicted octanol–water partition coefficient (Wildman–Crippen LogP) is 1.66. The number of rotatable bonds is 4. The second kappa shape index (κ2) is 6.56. The molecule has 0 N–H and O–H groups in total. The number of likely N-dealkylation sites (N-methyl/N-ethyl adjacent to an activating group) is 2. The van der Waals surface area contributed by atoms with Crippen LogP contribution in [0.1, 0.15) is 17.3 Å². The highest BCUT2D eigenvalue weighted by molar-refractivity contribution is 7.80. The maximum Gasteiger partial charge on any atom is 0.254 e. The van der Waals surface area contributed by atoms with Crippen LogP contribution in [0.4, 0.5) is 4.39 Å². The van der Waals surface area contributed by atoms with Gasteiger partial charge in [-0.25, -0.2) is 4.39 Å². The predicted molar refractivity (Wildman–Crippen MR) is 73.9 cm³/mol. The molecule has 0 heterocycles. The Kier molecular flexibility index (Phi) is 5.35. The summed E-state index contributed by atoms with van der Waals surface area (Å²) in [6, 6.07) is 3.95. The highest BCUT2D eigenvalue weighted by Gasteiger charge is 2.18. The summed E-state index contributed by atoms with van der Waals surface area (Å²) in [5.41, 5.74) is 0.319. The Morgan fingerprint density at radius 3 is 2.42 bits per heavy atom. The molecule has 104 valence electrons. The number of halogens is 1. The number of benzene rings is 1. The molecule has 0 spiro atoms. The van der Waals surface area contributed by atoms with Crippen LogP contribution >= 0.6 is 12.6 Å². The molecule has 2 amide bonds. The van der Waals surface area contributed by atoms with Crippen molar-refractivity contribution in [3.63, 3.8) is 0 Å². The van der Waals surface area contributed by atoms with Gasteiger partial charge in [0.05, 0.1) is 6.54 Å². The molecule has 1 aromatic carbocycles. The van der Waals surface area contributed by atoms with E-state index in [2.05, 4.69) is 12.6 Å². The lowest BCUT2D eigenvalue weighted by molar-refractivity contribution is -0.129. The molecule has 0 radical (unpaired) electrons. The van der Waals surface area contributed by atoms with E-state index in [0.717, 1.165) is 0 Å². The van der Waals surface area contributed by atoms with E-state index in [0.29, 0.717) is 12.1 Å². The van der Waals surface area contributed by atoms with Crippen LogP contribution in [0.25, 0.3) is 0 Å². The van der Waals surface area contributed by atoms with Gasteiger partial charge in [-0.05, 0) is 25.1 Å². The molecule has 1 rings (SSSR count). The molecule has 0 unspecified atom stereocenters. The Morgan fingerprint density at radius 2 is 1.95 bits per heavy atom. The fourth-order valence-electron chi connectivity index (χ4n) is 1.46. The number of nitrogens with zero attached hydrogens (tertiary/aromatic N) is 2. The minimum Gasteiger partial charge on any atom is -0.347 e. The van der Waals surface area contributed by atoms with Crippen molar-refractivity contribution in [2.45, 2.75) is 11.8 Å². The number of thiol groups is 1. The highest BCUT2D eigenvalue weighted by atomic mass is 32.1. The van der Waals surface area contributed by atoms with Crippen LogP contribution in [-0.4, -0.2) is 48.8 Å². The molecule has 0 saturated heterocycles. The van der Waals surface area contributed by atoms with Crippen LogP contribution in [0.3, 0.4) is 0 Å². The third kappa shape index (κ3) is 3.96. The summed E-state index contributed by atoms with van der Waals surface area (Å²) in [4.78, 5) is 26.8. The fraction of sp³-hybridized carbons (Fsp3) is 0.385.